The minimum Gasteiger partial charge on any atom is -0.326 e. The summed E-state index contributed by atoms with van der Waals surface area (Å²) in [5, 5.41) is 2.25. The summed E-state index contributed by atoms with van der Waals surface area (Å²) in [5.74, 6) is 0. The maximum absolute atomic E-state index is 6.07. The van der Waals surface area contributed by atoms with Gasteiger partial charge < -0.3 is 5.73 Å². The van der Waals surface area contributed by atoms with E-state index in [-0.39, 0.29) is 0 Å². The Morgan fingerprint density at radius 1 is 1.24 bits per heavy atom. The van der Waals surface area contributed by atoms with Crippen molar-refractivity contribution in [2.24, 2.45) is 5.73 Å². The molecule has 0 spiro atoms. The molecule has 5 heteroatoms. The normalized spacial score (nSPS) is 10.5. The number of nitrogens with zero attached hydrogens (tertiary/aromatic N) is 2. The fourth-order valence-corrected chi connectivity index (χ4v) is 2.62. The van der Waals surface area contributed by atoms with E-state index < -0.39 is 0 Å². The molecule has 0 saturated heterocycles. The van der Waals surface area contributed by atoms with Crippen molar-refractivity contribution < 1.29 is 0 Å². The lowest BCUT2D eigenvalue weighted by Gasteiger charge is -2.09. The van der Waals surface area contributed by atoms with Gasteiger partial charge in [-0.1, -0.05) is 11.6 Å². The first-order valence-electron chi connectivity index (χ1n) is 5.15. The average Bonchev–Trinajstić information content (AvgIpc) is 2.32. The minimum atomic E-state index is 0.465. The average molecular weight is 266 g/mol. The molecule has 2 rings (SSSR count). The highest BCUT2D eigenvalue weighted by molar-refractivity contribution is 7.99. The van der Waals surface area contributed by atoms with Crippen LogP contribution in [0.3, 0.4) is 0 Å². The number of aromatic nitrogens is 2. The SMILES string of the molecule is Cc1ccnc(Sc2ncccc2Cl)c1CN. The van der Waals surface area contributed by atoms with E-state index >= 15 is 0 Å². The number of nitrogens with two attached hydrogens (primary N) is 1. The van der Waals surface area contributed by atoms with Crippen LogP contribution in [0, 0.1) is 6.92 Å². The van der Waals surface area contributed by atoms with Gasteiger partial charge in [-0.25, -0.2) is 9.97 Å². The molecule has 17 heavy (non-hydrogen) atoms. The molecule has 0 bridgehead atoms. The van der Waals surface area contributed by atoms with Crippen molar-refractivity contribution in [3.63, 3.8) is 0 Å². The maximum atomic E-state index is 6.07. The molecule has 0 amide bonds. The Morgan fingerprint density at radius 3 is 2.71 bits per heavy atom. The van der Waals surface area contributed by atoms with Crippen LogP contribution in [0.4, 0.5) is 0 Å². The largest absolute Gasteiger partial charge is 0.326 e. The Morgan fingerprint density at radius 2 is 2.00 bits per heavy atom. The van der Waals surface area contributed by atoms with Gasteiger partial charge in [-0.2, -0.15) is 0 Å². The van der Waals surface area contributed by atoms with Gasteiger partial charge in [-0.15, -0.1) is 0 Å². The third kappa shape index (κ3) is 2.77. The molecule has 0 aliphatic heterocycles. The lowest BCUT2D eigenvalue weighted by atomic mass is 10.2. The molecule has 0 fully saturated rings. The summed E-state index contributed by atoms with van der Waals surface area (Å²) in [4.78, 5) is 8.56. The Balaban J connectivity index is 2.37. The first kappa shape index (κ1) is 12.4. The molecule has 0 unspecified atom stereocenters. The number of halogens is 1. The number of rotatable bonds is 3. The van der Waals surface area contributed by atoms with Crippen molar-refractivity contribution in [2.45, 2.75) is 23.5 Å². The van der Waals surface area contributed by atoms with Crippen LogP contribution in [0.15, 0.2) is 40.6 Å². The van der Waals surface area contributed by atoms with E-state index in [1.807, 2.05) is 19.1 Å². The fraction of sp³-hybridized carbons (Fsp3) is 0.167. The lowest BCUT2D eigenvalue weighted by Crippen LogP contribution is -2.02. The Kier molecular flexibility index (Phi) is 3.99. The number of pyridine rings is 2. The second-order valence-corrected chi connectivity index (χ2v) is 4.89. The predicted octanol–water partition coefficient (Wildman–Crippen LogP) is 3.05. The Labute approximate surface area is 109 Å². The first-order valence-corrected chi connectivity index (χ1v) is 6.34. The molecule has 2 aromatic rings. The molecule has 2 N–H and O–H groups in total. The highest BCUT2D eigenvalue weighted by atomic mass is 35.5. The summed E-state index contributed by atoms with van der Waals surface area (Å²) in [6.07, 6.45) is 3.49. The van der Waals surface area contributed by atoms with Crippen LogP contribution in [-0.4, -0.2) is 9.97 Å². The van der Waals surface area contributed by atoms with Crippen LogP contribution in [0.2, 0.25) is 5.02 Å². The molecule has 88 valence electrons. The molecular formula is C12H12ClN3S. The van der Waals surface area contributed by atoms with Crippen molar-refractivity contribution in [1.29, 1.82) is 0 Å². The molecule has 2 aromatic heterocycles. The van der Waals surface area contributed by atoms with Crippen molar-refractivity contribution in [3.8, 4) is 0 Å². The molecule has 0 aromatic carbocycles. The smallest absolute Gasteiger partial charge is 0.121 e. The van der Waals surface area contributed by atoms with Crippen molar-refractivity contribution in [1.82, 2.24) is 9.97 Å². The molecule has 0 saturated carbocycles. The van der Waals surface area contributed by atoms with Crippen molar-refractivity contribution >= 4 is 23.4 Å². The second-order valence-electron chi connectivity index (χ2n) is 3.51. The molecule has 0 radical (unpaired) electrons. The number of hydrogen-bond donors (Lipinski definition) is 1. The molecule has 3 nitrogen and oxygen atoms in total. The van der Waals surface area contributed by atoms with E-state index in [2.05, 4.69) is 9.97 Å². The van der Waals surface area contributed by atoms with Crippen LogP contribution >= 0.6 is 23.4 Å². The van der Waals surface area contributed by atoms with Crippen molar-refractivity contribution in [2.75, 3.05) is 0 Å². The van der Waals surface area contributed by atoms with E-state index in [1.54, 1.807) is 18.5 Å². The van der Waals surface area contributed by atoms with E-state index in [0.29, 0.717) is 11.6 Å². The zero-order valence-electron chi connectivity index (χ0n) is 9.35. The summed E-state index contributed by atoms with van der Waals surface area (Å²) < 4.78 is 0. The molecule has 0 aliphatic rings. The van der Waals surface area contributed by atoms with Crippen molar-refractivity contribution in [3.05, 3.63) is 46.7 Å². The van der Waals surface area contributed by atoms with Gasteiger partial charge >= 0.3 is 0 Å². The maximum Gasteiger partial charge on any atom is 0.121 e. The predicted molar refractivity (Wildman–Crippen MR) is 70.2 cm³/mol. The van der Waals surface area contributed by atoms with Gasteiger partial charge in [0.1, 0.15) is 10.1 Å². The first-order chi connectivity index (χ1) is 8.22. The van der Waals surface area contributed by atoms with Gasteiger partial charge in [0.25, 0.3) is 0 Å². The van der Waals surface area contributed by atoms with Gasteiger partial charge in [0.15, 0.2) is 0 Å². The molecule has 0 atom stereocenters. The third-order valence-electron chi connectivity index (χ3n) is 2.37. The van der Waals surface area contributed by atoms with Crippen LogP contribution in [0.1, 0.15) is 11.1 Å². The summed E-state index contributed by atoms with van der Waals surface area (Å²) >= 11 is 7.51. The zero-order valence-corrected chi connectivity index (χ0v) is 10.9. The fourth-order valence-electron chi connectivity index (χ4n) is 1.44. The zero-order chi connectivity index (χ0) is 12.3. The highest BCUT2D eigenvalue weighted by Gasteiger charge is 2.10. The van der Waals surface area contributed by atoms with Gasteiger partial charge in [-0.05, 0) is 42.4 Å². The topological polar surface area (TPSA) is 51.8 Å². The van der Waals surface area contributed by atoms with Crippen LogP contribution in [0.5, 0.6) is 0 Å². The van der Waals surface area contributed by atoms with E-state index in [4.69, 9.17) is 17.3 Å². The standard InChI is InChI=1S/C12H12ClN3S/c1-8-4-6-16-11(9(8)7-14)17-12-10(13)3-2-5-15-12/h2-6H,7,14H2,1H3. The van der Waals surface area contributed by atoms with Crippen LogP contribution in [-0.2, 0) is 6.54 Å². The van der Waals surface area contributed by atoms with Crippen LogP contribution in [0.25, 0.3) is 0 Å². The quantitative estimate of drug-likeness (QED) is 0.927. The summed E-state index contributed by atoms with van der Waals surface area (Å²) in [7, 11) is 0. The third-order valence-corrected chi connectivity index (χ3v) is 3.85. The minimum absolute atomic E-state index is 0.465. The molecule has 2 heterocycles. The summed E-state index contributed by atoms with van der Waals surface area (Å²) in [6.45, 7) is 2.49. The van der Waals surface area contributed by atoms with Gasteiger partial charge in [0.2, 0.25) is 0 Å². The van der Waals surface area contributed by atoms with E-state index in [0.717, 1.165) is 21.2 Å². The lowest BCUT2D eigenvalue weighted by molar-refractivity contribution is 0.940. The number of aryl methyl sites for hydroxylation is 1. The molecule has 0 aliphatic carbocycles. The van der Waals surface area contributed by atoms with Gasteiger partial charge in [-0.3, -0.25) is 0 Å². The second kappa shape index (κ2) is 5.49. The van der Waals surface area contributed by atoms with Crippen LogP contribution < -0.4 is 5.73 Å². The van der Waals surface area contributed by atoms with Gasteiger partial charge in [0.05, 0.1) is 5.02 Å². The summed E-state index contributed by atoms with van der Waals surface area (Å²) in [6, 6.07) is 5.57. The van der Waals surface area contributed by atoms with E-state index in [1.165, 1.54) is 11.8 Å². The number of hydrogen-bond acceptors (Lipinski definition) is 4. The Bertz CT molecular complexity index is 531. The Hall–Kier alpha value is -1.10. The van der Waals surface area contributed by atoms with E-state index in [9.17, 15) is 0 Å². The highest BCUT2D eigenvalue weighted by Crippen LogP contribution is 2.32. The van der Waals surface area contributed by atoms with Gasteiger partial charge in [0, 0.05) is 24.5 Å². The molecular weight excluding hydrogens is 254 g/mol. The monoisotopic (exact) mass is 265 g/mol. The summed E-state index contributed by atoms with van der Waals surface area (Å²) in [5.41, 5.74) is 7.91.